The van der Waals surface area contributed by atoms with E-state index >= 15 is 0 Å². The van der Waals surface area contributed by atoms with E-state index in [-0.39, 0.29) is 6.10 Å². The van der Waals surface area contributed by atoms with Crippen LogP contribution in [-0.2, 0) is 27.5 Å². The average molecular weight is 351 g/mol. The van der Waals surface area contributed by atoms with Crippen LogP contribution in [-0.4, -0.2) is 67.3 Å². The lowest BCUT2D eigenvalue weighted by molar-refractivity contribution is -0.0235. The van der Waals surface area contributed by atoms with E-state index in [9.17, 15) is 0 Å². The Kier molecular flexibility index (Phi) is 11.3. The van der Waals surface area contributed by atoms with Crippen molar-refractivity contribution in [2.24, 2.45) is 0 Å². The van der Waals surface area contributed by atoms with E-state index in [4.69, 9.17) is 27.5 Å². The fourth-order valence-electron chi connectivity index (χ4n) is 2.30. The number of ether oxygens (including phenoxy) is 3. The minimum absolute atomic E-state index is 0.145. The second-order valence-electron chi connectivity index (χ2n) is 5.48. The summed E-state index contributed by atoms with van der Waals surface area (Å²) < 4.78 is 34.2. The summed E-state index contributed by atoms with van der Waals surface area (Å²) in [5.41, 5.74) is 0. The molecular weight excluding hydrogens is 316 g/mol. The van der Waals surface area contributed by atoms with E-state index in [1.54, 1.807) is 0 Å². The van der Waals surface area contributed by atoms with Gasteiger partial charge in [-0.15, -0.1) is 0 Å². The largest absolute Gasteiger partial charge is 0.501 e. The van der Waals surface area contributed by atoms with Gasteiger partial charge >= 0.3 is 8.80 Å². The molecule has 0 radical (unpaired) electrons. The zero-order chi connectivity index (χ0) is 17.0. The molecule has 23 heavy (non-hydrogen) atoms. The molecule has 0 spiro atoms. The van der Waals surface area contributed by atoms with Gasteiger partial charge in [0.05, 0.1) is 25.9 Å². The molecule has 1 fully saturated rings. The maximum atomic E-state index is 5.83. The summed E-state index contributed by atoms with van der Waals surface area (Å²) in [6.07, 6.45) is 2.27. The molecule has 0 N–H and O–H groups in total. The van der Waals surface area contributed by atoms with Crippen LogP contribution < -0.4 is 0 Å². The Morgan fingerprint density at radius 2 is 1.65 bits per heavy atom. The highest BCUT2D eigenvalue weighted by atomic mass is 28.4. The first-order valence-corrected chi connectivity index (χ1v) is 10.9. The topological polar surface area (TPSA) is 58.7 Å². The third-order valence-corrected chi connectivity index (χ3v) is 6.70. The van der Waals surface area contributed by atoms with Gasteiger partial charge in [0.25, 0.3) is 0 Å². The van der Waals surface area contributed by atoms with Gasteiger partial charge in [-0.2, -0.15) is 0 Å². The van der Waals surface area contributed by atoms with Crippen LogP contribution >= 0.6 is 0 Å². The highest BCUT2D eigenvalue weighted by Gasteiger charge is 2.39. The molecule has 1 aliphatic heterocycles. The van der Waals surface area contributed by atoms with Crippen molar-refractivity contribution in [2.45, 2.75) is 58.8 Å². The second-order valence-corrected chi connectivity index (χ2v) is 8.21. The van der Waals surface area contributed by atoms with E-state index < -0.39 is 8.80 Å². The van der Waals surface area contributed by atoms with Crippen molar-refractivity contribution in [3.8, 4) is 0 Å². The predicted octanol–water partition coefficient (Wildman–Crippen LogP) is 2.64. The van der Waals surface area contributed by atoms with Crippen LogP contribution in [0.2, 0.25) is 6.04 Å². The van der Waals surface area contributed by atoms with E-state index in [0.717, 1.165) is 25.5 Å². The molecule has 7 heteroatoms. The van der Waals surface area contributed by atoms with Crippen molar-refractivity contribution in [3.63, 3.8) is 0 Å². The summed E-state index contributed by atoms with van der Waals surface area (Å²) in [5, 5.41) is 0. The quantitative estimate of drug-likeness (QED) is 0.242. The highest BCUT2D eigenvalue weighted by Crippen LogP contribution is 2.18. The first-order valence-electron chi connectivity index (χ1n) is 8.92. The van der Waals surface area contributed by atoms with Crippen LogP contribution in [0.1, 0.15) is 40.5 Å². The van der Waals surface area contributed by atoms with Gasteiger partial charge in [-0.05, 0) is 33.6 Å². The minimum atomic E-state index is -2.53. The maximum absolute atomic E-state index is 5.83. The Labute approximate surface area is 142 Å². The Morgan fingerprint density at radius 3 is 2.13 bits per heavy atom. The first kappa shape index (κ1) is 21.0. The average Bonchev–Trinajstić information content (AvgIpc) is 3.35. The summed E-state index contributed by atoms with van der Waals surface area (Å²) in [6.45, 7) is 12.7. The van der Waals surface area contributed by atoms with Gasteiger partial charge in [-0.25, -0.2) is 0 Å². The molecule has 2 atom stereocenters. The maximum Gasteiger partial charge on any atom is 0.501 e. The van der Waals surface area contributed by atoms with Crippen molar-refractivity contribution in [3.05, 3.63) is 0 Å². The van der Waals surface area contributed by atoms with Crippen molar-refractivity contribution in [1.82, 2.24) is 0 Å². The minimum Gasteiger partial charge on any atom is -0.379 e. The van der Waals surface area contributed by atoms with Gasteiger partial charge in [-0.3, -0.25) is 0 Å². The summed E-state index contributed by atoms with van der Waals surface area (Å²) in [6, 6.07) is 0.788. The molecule has 0 aliphatic carbocycles. The summed E-state index contributed by atoms with van der Waals surface area (Å²) in [4.78, 5) is 0. The lowest BCUT2D eigenvalue weighted by Gasteiger charge is -2.28. The van der Waals surface area contributed by atoms with E-state index in [1.807, 2.05) is 20.8 Å². The molecule has 0 aromatic heterocycles. The number of epoxide rings is 1. The Morgan fingerprint density at radius 1 is 1.04 bits per heavy atom. The van der Waals surface area contributed by atoms with E-state index in [1.165, 1.54) is 0 Å². The molecule has 0 saturated carbocycles. The van der Waals surface area contributed by atoms with Crippen LogP contribution in [0.4, 0.5) is 0 Å². The third-order valence-electron chi connectivity index (χ3n) is 3.54. The molecule has 0 aromatic carbocycles. The molecule has 1 aliphatic rings. The van der Waals surface area contributed by atoms with E-state index in [2.05, 4.69) is 6.92 Å². The van der Waals surface area contributed by atoms with Crippen molar-refractivity contribution < 1.29 is 27.5 Å². The molecule has 138 valence electrons. The molecule has 1 saturated heterocycles. The molecule has 1 heterocycles. The van der Waals surface area contributed by atoms with Gasteiger partial charge in [-0.1, -0.05) is 6.92 Å². The molecular formula is C16H34O6Si. The Balaban J connectivity index is 2.20. The van der Waals surface area contributed by atoms with Crippen LogP contribution in [0.15, 0.2) is 0 Å². The highest BCUT2D eigenvalue weighted by molar-refractivity contribution is 6.60. The predicted molar refractivity (Wildman–Crippen MR) is 90.6 cm³/mol. The fourth-order valence-corrected chi connectivity index (χ4v) is 4.88. The second kappa shape index (κ2) is 12.4. The Hall–Kier alpha value is -0.0231. The number of rotatable bonds is 16. The van der Waals surface area contributed by atoms with Crippen LogP contribution in [0.3, 0.4) is 0 Å². The fraction of sp³-hybridized carbons (Fsp3) is 1.00. The van der Waals surface area contributed by atoms with Gasteiger partial charge in [0.15, 0.2) is 0 Å². The smallest absolute Gasteiger partial charge is 0.379 e. The van der Waals surface area contributed by atoms with Crippen molar-refractivity contribution >= 4 is 8.80 Å². The van der Waals surface area contributed by atoms with Crippen LogP contribution in [0, 0.1) is 0 Å². The van der Waals surface area contributed by atoms with Gasteiger partial charge in [0.1, 0.15) is 6.10 Å². The lowest BCUT2D eigenvalue weighted by Crippen LogP contribution is -2.46. The summed E-state index contributed by atoms with van der Waals surface area (Å²) in [7, 11) is -2.53. The Bertz CT molecular complexity index is 271. The zero-order valence-electron chi connectivity index (χ0n) is 15.2. The lowest BCUT2D eigenvalue weighted by atomic mass is 10.3. The van der Waals surface area contributed by atoms with Crippen LogP contribution in [0.25, 0.3) is 0 Å². The molecule has 1 rings (SSSR count). The van der Waals surface area contributed by atoms with Crippen molar-refractivity contribution in [2.75, 3.05) is 46.2 Å². The van der Waals surface area contributed by atoms with Gasteiger partial charge < -0.3 is 27.5 Å². The SMILES string of the molecule is CCO[Si](CCCOCC(CC)OCC1CO1)(OCC)OCC. The molecule has 6 nitrogen and oxygen atoms in total. The molecule has 0 amide bonds. The molecule has 0 aromatic rings. The zero-order valence-corrected chi connectivity index (χ0v) is 16.2. The normalized spacial score (nSPS) is 19.0. The van der Waals surface area contributed by atoms with E-state index in [0.29, 0.717) is 45.7 Å². The summed E-state index contributed by atoms with van der Waals surface area (Å²) >= 11 is 0. The first-order chi connectivity index (χ1) is 11.2. The van der Waals surface area contributed by atoms with Gasteiger partial charge in [0, 0.05) is 32.5 Å². The number of hydrogen-bond donors (Lipinski definition) is 0. The molecule has 2 unspecified atom stereocenters. The third kappa shape index (κ3) is 9.14. The number of hydrogen-bond acceptors (Lipinski definition) is 6. The van der Waals surface area contributed by atoms with Crippen molar-refractivity contribution in [1.29, 1.82) is 0 Å². The standard InChI is InChI=1S/C16H34O6Si/c1-5-15(18-13-16-14-19-16)12-17-10-9-11-23(20-6-2,21-7-3)22-8-4/h15-16H,5-14H2,1-4H3. The van der Waals surface area contributed by atoms with Crippen LogP contribution in [0.5, 0.6) is 0 Å². The summed E-state index contributed by atoms with van der Waals surface area (Å²) in [5.74, 6) is 0. The van der Waals surface area contributed by atoms with Gasteiger partial charge in [0.2, 0.25) is 0 Å². The monoisotopic (exact) mass is 350 g/mol. The molecule has 0 bridgehead atoms.